The van der Waals surface area contributed by atoms with Gasteiger partial charge in [0.2, 0.25) is 0 Å². The molecule has 1 heterocycles. The topological polar surface area (TPSA) is 12.0 Å². The quantitative estimate of drug-likeness (QED) is 0.815. The van der Waals surface area contributed by atoms with Crippen molar-refractivity contribution in [1.82, 2.24) is 5.32 Å². The first-order valence-electron chi connectivity index (χ1n) is 6.58. The number of hydrogen-bond donors (Lipinski definition) is 1. The number of nitrogens with one attached hydrogen (secondary N) is 1. The summed E-state index contributed by atoms with van der Waals surface area (Å²) in [6.07, 6.45) is 5.58. The molecule has 2 heteroatoms. The van der Waals surface area contributed by atoms with Crippen LogP contribution in [-0.2, 0) is 0 Å². The van der Waals surface area contributed by atoms with Crippen molar-refractivity contribution in [1.29, 1.82) is 0 Å². The van der Waals surface area contributed by atoms with E-state index in [0.29, 0.717) is 5.92 Å². The molecule has 0 spiro atoms. The average Bonchev–Trinajstić information content (AvgIpc) is 2.96. The zero-order valence-electron chi connectivity index (χ0n) is 10.4. The lowest BCUT2D eigenvalue weighted by molar-refractivity contribution is 0.384. The van der Waals surface area contributed by atoms with Gasteiger partial charge in [0, 0.05) is 23.4 Å². The minimum Gasteiger partial charge on any atom is -0.313 e. The van der Waals surface area contributed by atoms with Crippen LogP contribution < -0.4 is 5.32 Å². The molecule has 0 bridgehead atoms. The predicted molar refractivity (Wildman–Crippen MR) is 72.2 cm³/mol. The first-order valence-corrected chi connectivity index (χ1v) is 7.46. The Bertz CT molecular complexity index is 294. The van der Waals surface area contributed by atoms with E-state index in [-0.39, 0.29) is 0 Å². The van der Waals surface area contributed by atoms with Crippen molar-refractivity contribution >= 4 is 11.3 Å². The van der Waals surface area contributed by atoms with Gasteiger partial charge in [-0.15, -0.1) is 11.3 Å². The van der Waals surface area contributed by atoms with Crippen molar-refractivity contribution in [2.24, 2.45) is 5.92 Å². The van der Waals surface area contributed by atoms with Gasteiger partial charge in [0.25, 0.3) is 0 Å². The Labute approximate surface area is 103 Å². The molecule has 1 aliphatic carbocycles. The van der Waals surface area contributed by atoms with Crippen molar-refractivity contribution in [3.63, 3.8) is 0 Å². The average molecular weight is 237 g/mol. The maximum Gasteiger partial charge on any atom is 0.00954 e. The third kappa shape index (κ3) is 2.86. The molecule has 1 saturated carbocycles. The van der Waals surface area contributed by atoms with Crippen LogP contribution in [0.3, 0.4) is 0 Å². The zero-order valence-corrected chi connectivity index (χ0v) is 11.2. The molecule has 1 aromatic heterocycles. The van der Waals surface area contributed by atoms with Crippen LogP contribution in [0.2, 0.25) is 0 Å². The van der Waals surface area contributed by atoms with Gasteiger partial charge in [0.1, 0.15) is 0 Å². The van der Waals surface area contributed by atoms with E-state index in [1.54, 1.807) is 0 Å². The second-order valence-electron chi connectivity index (χ2n) is 5.03. The SMILES string of the molecule is CCC1CCCC1NCC(C)c1cccs1. The van der Waals surface area contributed by atoms with Crippen molar-refractivity contribution < 1.29 is 0 Å². The molecule has 1 aliphatic rings. The van der Waals surface area contributed by atoms with Crippen molar-refractivity contribution in [3.05, 3.63) is 22.4 Å². The Kier molecular flexibility index (Phi) is 4.42. The second kappa shape index (κ2) is 5.83. The predicted octanol–water partition coefficient (Wildman–Crippen LogP) is 4.02. The van der Waals surface area contributed by atoms with E-state index in [1.807, 2.05) is 11.3 Å². The molecule has 0 aliphatic heterocycles. The van der Waals surface area contributed by atoms with Gasteiger partial charge in [-0.25, -0.2) is 0 Å². The zero-order chi connectivity index (χ0) is 11.4. The van der Waals surface area contributed by atoms with Crippen LogP contribution in [0.5, 0.6) is 0 Å². The van der Waals surface area contributed by atoms with Crippen LogP contribution in [0.25, 0.3) is 0 Å². The lowest BCUT2D eigenvalue weighted by Crippen LogP contribution is -2.34. The van der Waals surface area contributed by atoms with E-state index in [4.69, 9.17) is 0 Å². The number of rotatable bonds is 5. The normalized spacial score (nSPS) is 27.1. The maximum absolute atomic E-state index is 3.78. The minimum atomic E-state index is 0.665. The Balaban J connectivity index is 1.78. The fourth-order valence-electron chi connectivity index (χ4n) is 2.79. The van der Waals surface area contributed by atoms with E-state index in [0.717, 1.165) is 18.5 Å². The van der Waals surface area contributed by atoms with E-state index < -0.39 is 0 Å². The highest BCUT2D eigenvalue weighted by atomic mass is 32.1. The van der Waals surface area contributed by atoms with Gasteiger partial charge in [-0.1, -0.05) is 32.8 Å². The largest absolute Gasteiger partial charge is 0.313 e. The third-order valence-corrected chi connectivity index (χ3v) is 5.00. The lowest BCUT2D eigenvalue weighted by Gasteiger charge is -2.21. The lowest BCUT2D eigenvalue weighted by atomic mass is 10.00. The molecular formula is C14H23NS. The van der Waals surface area contributed by atoms with Crippen molar-refractivity contribution in [2.75, 3.05) is 6.54 Å². The number of thiophene rings is 1. The molecule has 0 saturated heterocycles. The van der Waals surface area contributed by atoms with Crippen LogP contribution >= 0.6 is 11.3 Å². The van der Waals surface area contributed by atoms with Crippen LogP contribution in [0.15, 0.2) is 17.5 Å². The molecule has 1 nitrogen and oxygen atoms in total. The first kappa shape index (κ1) is 12.1. The summed E-state index contributed by atoms with van der Waals surface area (Å²) in [6.45, 7) is 5.80. The van der Waals surface area contributed by atoms with Crippen molar-refractivity contribution in [2.45, 2.75) is 51.5 Å². The minimum absolute atomic E-state index is 0.665. The Morgan fingerprint density at radius 2 is 2.38 bits per heavy atom. The highest BCUT2D eigenvalue weighted by Gasteiger charge is 2.25. The van der Waals surface area contributed by atoms with E-state index in [2.05, 4.69) is 36.7 Å². The van der Waals surface area contributed by atoms with Crippen LogP contribution in [0.4, 0.5) is 0 Å². The summed E-state index contributed by atoms with van der Waals surface area (Å²) in [5, 5.41) is 5.95. The molecule has 3 atom stereocenters. The fraction of sp³-hybridized carbons (Fsp3) is 0.714. The van der Waals surface area contributed by atoms with Gasteiger partial charge < -0.3 is 5.32 Å². The maximum atomic E-state index is 3.78. The molecule has 16 heavy (non-hydrogen) atoms. The van der Waals surface area contributed by atoms with Crippen LogP contribution in [0.1, 0.15) is 50.3 Å². The highest BCUT2D eigenvalue weighted by molar-refractivity contribution is 7.10. The molecule has 2 rings (SSSR count). The third-order valence-electron chi connectivity index (χ3n) is 3.90. The second-order valence-corrected chi connectivity index (χ2v) is 6.01. The fourth-order valence-corrected chi connectivity index (χ4v) is 3.58. The van der Waals surface area contributed by atoms with Gasteiger partial charge in [-0.3, -0.25) is 0 Å². The Morgan fingerprint density at radius 1 is 1.50 bits per heavy atom. The standard InChI is InChI=1S/C14H23NS/c1-3-12-6-4-7-13(12)15-10-11(2)14-8-5-9-16-14/h5,8-9,11-13,15H,3-4,6-7,10H2,1-2H3. The summed E-state index contributed by atoms with van der Waals surface area (Å²) in [5.74, 6) is 1.59. The van der Waals surface area contributed by atoms with Gasteiger partial charge in [0.15, 0.2) is 0 Å². The molecule has 0 aromatic carbocycles. The van der Waals surface area contributed by atoms with Gasteiger partial charge in [0.05, 0.1) is 0 Å². The highest BCUT2D eigenvalue weighted by Crippen LogP contribution is 2.29. The molecule has 1 fully saturated rings. The summed E-state index contributed by atoms with van der Waals surface area (Å²) >= 11 is 1.88. The summed E-state index contributed by atoms with van der Waals surface area (Å²) in [4.78, 5) is 1.51. The summed E-state index contributed by atoms with van der Waals surface area (Å²) in [5.41, 5.74) is 0. The van der Waals surface area contributed by atoms with E-state index >= 15 is 0 Å². The Morgan fingerprint density at radius 3 is 3.06 bits per heavy atom. The smallest absolute Gasteiger partial charge is 0.00954 e. The molecule has 0 amide bonds. The molecule has 1 N–H and O–H groups in total. The van der Waals surface area contributed by atoms with Gasteiger partial charge >= 0.3 is 0 Å². The first-order chi connectivity index (χ1) is 7.81. The molecule has 1 aromatic rings. The molecule has 3 unspecified atom stereocenters. The number of hydrogen-bond acceptors (Lipinski definition) is 2. The van der Waals surface area contributed by atoms with E-state index in [1.165, 1.54) is 30.6 Å². The van der Waals surface area contributed by atoms with Gasteiger partial charge in [-0.2, -0.15) is 0 Å². The summed E-state index contributed by atoms with van der Waals surface area (Å²) in [6, 6.07) is 5.19. The molecule has 0 radical (unpaired) electrons. The van der Waals surface area contributed by atoms with Gasteiger partial charge in [-0.05, 0) is 30.2 Å². The monoisotopic (exact) mass is 237 g/mol. The molecule has 90 valence electrons. The molecular weight excluding hydrogens is 214 g/mol. The summed E-state index contributed by atoms with van der Waals surface area (Å²) < 4.78 is 0. The van der Waals surface area contributed by atoms with Crippen LogP contribution in [-0.4, -0.2) is 12.6 Å². The summed E-state index contributed by atoms with van der Waals surface area (Å²) in [7, 11) is 0. The van der Waals surface area contributed by atoms with Crippen molar-refractivity contribution in [3.8, 4) is 0 Å². The Hall–Kier alpha value is -0.340. The van der Waals surface area contributed by atoms with Crippen LogP contribution in [0, 0.1) is 5.92 Å². The van der Waals surface area contributed by atoms with E-state index in [9.17, 15) is 0 Å².